The van der Waals surface area contributed by atoms with Gasteiger partial charge in [-0.2, -0.15) is 0 Å². The van der Waals surface area contributed by atoms with Crippen molar-refractivity contribution >= 4 is 29.2 Å². The van der Waals surface area contributed by atoms with Gasteiger partial charge in [-0.1, -0.05) is 11.6 Å². The summed E-state index contributed by atoms with van der Waals surface area (Å²) in [5.41, 5.74) is 4.36. The molecule has 0 spiro atoms. The first-order valence-corrected chi connectivity index (χ1v) is 10.9. The van der Waals surface area contributed by atoms with Gasteiger partial charge in [-0.3, -0.25) is 9.59 Å². The Morgan fingerprint density at radius 1 is 1.22 bits per heavy atom. The van der Waals surface area contributed by atoms with Crippen LogP contribution in [0.15, 0.2) is 30.6 Å². The number of ether oxygens (including phenoxy) is 1. The van der Waals surface area contributed by atoms with Crippen molar-refractivity contribution in [2.75, 3.05) is 4.90 Å². The van der Waals surface area contributed by atoms with Gasteiger partial charge in [0, 0.05) is 30.5 Å². The van der Waals surface area contributed by atoms with Gasteiger partial charge in [0.1, 0.15) is 5.82 Å². The lowest BCUT2D eigenvalue weighted by molar-refractivity contribution is -0.135. The number of carbonyl (C=O) groups is 2. The average molecular weight is 462 g/mol. The van der Waals surface area contributed by atoms with Gasteiger partial charge in [0.05, 0.1) is 10.6 Å². The van der Waals surface area contributed by atoms with Gasteiger partial charge in [-0.05, 0) is 57.7 Å². The van der Waals surface area contributed by atoms with Crippen molar-refractivity contribution in [3.8, 4) is 5.88 Å². The number of piperidine rings is 1. The maximum absolute atomic E-state index is 14.0. The van der Waals surface area contributed by atoms with Crippen LogP contribution in [0.25, 0.3) is 0 Å². The summed E-state index contributed by atoms with van der Waals surface area (Å²) in [4.78, 5) is 34.7. The van der Waals surface area contributed by atoms with Gasteiger partial charge < -0.3 is 20.7 Å². The summed E-state index contributed by atoms with van der Waals surface area (Å²) in [6.45, 7) is 3.15. The maximum Gasteiger partial charge on any atom is 0.263 e. The van der Waals surface area contributed by atoms with E-state index in [0.717, 1.165) is 37.6 Å². The highest BCUT2D eigenvalue weighted by atomic mass is 35.5. The predicted octanol–water partition coefficient (Wildman–Crippen LogP) is 2.84. The number of nitrogens with zero attached hydrogens (tertiary/aromatic N) is 3. The Labute approximate surface area is 190 Å². The lowest BCUT2D eigenvalue weighted by Crippen LogP contribution is -2.55. The van der Waals surface area contributed by atoms with Gasteiger partial charge >= 0.3 is 0 Å². The number of fused-ring (bicyclic) bond motifs is 2. The molecule has 2 atom stereocenters. The summed E-state index contributed by atoms with van der Waals surface area (Å²) in [7, 11) is 0. The van der Waals surface area contributed by atoms with Crippen LogP contribution in [0.5, 0.6) is 5.88 Å². The van der Waals surface area contributed by atoms with Crippen molar-refractivity contribution in [1.82, 2.24) is 15.3 Å². The van der Waals surface area contributed by atoms with Crippen molar-refractivity contribution in [2.24, 2.45) is 5.73 Å². The molecule has 2 aromatic rings. The fourth-order valence-corrected chi connectivity index (χ4v) is 4.62. The highest BCUT2D eigenvalue weighted by molar-refractivity contribution is 6.30. The molecule has 2 amide bonds. The van der Waals surface area contributed by atoms with Crippen LogP contribution >= 0.6 is 11.6 Å². The standard InChI is InChI=1S/C22H25ClFN5O3/c1-22(2,32-20-17(24)7-13(23)11-27-20)21(31)28-14-8-15-4-5-16(9-14)29(15)18-6-3-12(10-26-18)19(25)30/h3,6-7,10-11,14-16H,4-5,8-9H2,1-2H3,(H2,25,30)(H,28,31). The zero-order valence-corrected chi connectivity index (χ0v) is 18.6. The van der Waals surface area contributed by atoms with Gasteiger partial charge in [0.2, 0.25) is 5.91 Å². The molecule has 2 aliphatic heterocycles. The molecule has 32 heavy (non-hydrogen) atoms. The first kappa shape index (κ1) is 22.3. The fraction of sp³-hybridized carbons (Fsp3) is 0.455. The second-order valence-corrected chi connectivity index (χ2v) is 9.19. The van der Waals surface area contributed by atoms with Crippen molar-refractivity contribution in [3.05, 3.63) is 47.0 Å². The van der Waals surface area contributed by atoms with Crippen LogP contribution in [-0.2, 0) is 4.79 Å². The minimum absolute atomic E-state index is 0.0351. The first-order chi connectivity index (χ1) is 15.1. The number of nitrogens with one attached hydrogen (secondary N) is 1. The minimum Gasteiger partial charge on any atom is -0.459 e. The number of pyridine rings is 2. The molecule has 0 aliphatic carbocycles. The Balaban J connectivity index is 1.40. The highest BCUT2D eigenvalue weighted by Gasteiger charge is 2.43. The molecule has 10 heteroatoms. The Morgan fingerprint density at radius 2 is 1.91 bits per heavy atom. The number of aromatic nitrogens is 2. The zero-order valence-electron chi connectivity index (χ0n) is 17.8. The number of hydrogen-bond acceptors (Lipinski definition) is 6. The van der Waals surface area contributed by atoms with E-state index in [2.05, 4.69) is 20.2 Å². The number of primary amides is 1. The highest BCUT2D eigenvalue weighted by Crippen LogP contribution is 2.38. The number of nitrogens with two attached hydrogens (primary N) is 1. The van der Waals surface area contributed by atoms with E-state index in [1.54, 1.807) is 19.9 Å². The summed E-state index contributed by atoms with van der Waals surface area (Å²) in [6, 6.07) is 5.01. The van der Waals surface area contributed by atoms with E-state index >= 15 is 0 Å². The number of rotatable bonds is 6. The molecule has 8 nitrogen and oxygen atoms in total. The molecule has 4 rings (SSSR count). The third-order valence-corrected chi connectivity index (χ3v) is 6.24. The SMILES string of the molecule is CC(C)(Oc1ncc(Cl)cc1F)C(=O)NC1CC2CCC(C1)N2c1ccc(C(N)=O)cn1. The lowest BCUT2D eigenvalue weighted by atomic mass is 9.96. The van der Waals surface area contributed by atoms with E-state index in [0.29, 0.717) is 5.56 Å². The molecule has 0 aromatic carbocycles. The second kappa shape index (κ2) is 8.54. The van der Waals surface area contributed by atoms with Crippen molar-refractivity contribution in [3.63, 3.8) is 0 Å². The number of carbonyl (C=O) groups excluding carboxylic acids is 2. The fourth-order valence-electron chi connectivity index (χ4n) is 4.48. The largest absolute Gasteiger partial charge is 0.459 e. The van der Waals surface area contributed by atoms with Gasteiger partial charge in [-0.25, -0.2) is 14.4 Å². The maximum atomic E-state index is 14.0. The van der Waals surface area contributed by atoms with Crippen LogP contribution in [0.2, 0.25) is 5.02 Å². The van der Waals surface area contributed by atoms with Gasteiger partial charge in [0.25, 0.3) is 11.8 Å². The molecule has 2 bridgehead atoms. The predicted molar refractivity (Wildman–Crippen MR) is 117 cm³/mol. The van der Waals surface area contributed by atoms with Crippen LogP contribution in [0.3, 0.4) is 0 Å². The molecular weight excluding hydrogens is 437 g/mol. The zero-order chi connectivity index (χ0) is 23.0. The molecule has 2 saturated heterocycles. The Bertz CT molecular complexity index is 1020. The first-order valence-electron chi connectivity index (χ1n) is 10.5. The normalized spacial score (nSPS) is 22.5. The molecule has 0 radical (unpaired) electrons. The quantitative estimate of drug-likeness (QED) is 0.684. The van der Waals surface area contributed by atoms with Gasteiger partial charge in [0.15, 0.2) is 11.4 Å². The van der Waals surface area contributed by atoms with Crippen LogP contribution in [0.4, 0.5) is 10.2 Å². The molecular formula is C22H25ClFN5O3. The number of amides is 2. The van der Waals surface area contributed by atoms with Crippen molar-refractivity contribution in [1.29, 1.82) is 0 Å². The molecule has 170 valence electrons. The molecule has 2 aliphatic rings. The van der Waals surface area contributed by atoms with Crippen LogP contribution < -0.4 is 20.7 Å². The van der Waals surface area contributed by atoms with Crippen LogP contribution in [0, 0.1) is 5.82 Å². The number of hydrogen-bond donors (Lipinski definition) is 2. The van der Waals surface area contributed by atoms with Crippen molar-refractivity contribution in [2.45, 2.75) is 63.3 Å². The molecule has 2 aromatic heterocycles. The Hall–Kier alpha value is -2.94. The van der Waals surface area contributed by atoms with E-state index in [4.69, 9.17) is 22.1 Å². The number of anilines is 1. The summed E-state index contributed by atoms with van der Waals surface area (Å²) in [5, 5.41) is 3.21. The monoisotopic (exact) mass is 461 g/mol. The summed E-state index contributed by atoms with van der Waals surface area (Å²) in [5.74, 6) is -1.03. The van der Waals surface area contributed by atoms with Crippen LogP contribution in [0.1, 0.15) is 49.9 Å². The van der Waals surface area contributed by atoms with Crippen LogP contribution in [-0.4, -0.2) is 45.5 Å². The van der Waals surface area contributed by atoms with E-state index in [1.807, 2.05) is 6.07 Å². The van der Waals surface area contributed by atoms with E-state index in [1.165, 1.54) is 12.4 Å². The topological polar surface area (TPSA) is 110 Å². The smallest absolute Gasteiger partial charge is 0.263 e. The average Bonchev–Trinajstić information content (AvgIpc) is 3.00. The Morgan fingerprint density at radius 3 is 2.47 bits per heavy atom. The summed E-state index contributed by atoms with van der Waals surface area (Å²) in [6.07, 6.45) is 6.27. The number of halogens is 2. The molecule has 4 heterocycles. The molecule has 2 unspecified atom stereocenters. The van der Waals surface area contributed by atoms with Gasteiger partial charge in [-0.15, -0.1) is 0 Å². The Kier molecular flexibility index (Phi) is 5.94. The van der Waals surface area contributed by atoms with E-state index in [9.17, 15) is 14.0 Å². The lowest BCUT2D eigenvalue weighted by Gasteiger charge is -2.40. The summed E-state index contributed by atoms with van der Waals surface area (Å²) < 4.78 is 19.6. The summed E-state index contributed by atoms with van der Waals surface area (Å²) >= 11 is 5.72. The molecule has 2 fully saturated rings. The second-order valence-electron chi connectivity index (χ2n) is 8.76. The van der Waals surface area contributed by atoms with E-state index < -0.39 is 17.3 Å². The molecule has 3 N–H and O–H groups in total. The third-order valence-electron chi connectivity index (χ3n) is 6.04. The third kappa shape index (κ3) is 4.48. The minimum atomic E-state index is -1.32. The van der Waals surface area contributed by atoms with Crippen molar-refractivity contribution < 1.29 is 18.7 Å². The molecule has 0 saturated carbocycles. The van der Waals surface area contributed by atoms with E-state index in [-0.39, 0.29) is 34.9 Å².